The maximum absolute atomic E-state index is 12.5. The van der Waals surface area contributed by atoms with Crippen molar-refractivity contribution in [3.8, 4) is 0 Å². The molecule has 0 saturated carbocycles. The van der Waals surface area contributed by atoms with E-state index in [1.54, 1.807) is 20.8 Å². The summed E-state index contributed by atoms with van der Waals surface area (Å²) < 4.78 is 16.4. The molecule has 6 nitrogen and oxygen atoms in total. The SMILES string of the molecule is COC(=O)[C@H]1N(C(=O)OC(C)(C)C)CC(OC(=S)SC)C1(C)C. The normalized spacial score (nSPS) is 23.3. The van der Waals surface area contributed by atoms with Gasteiger partial charge in [-0.05, 0) is 39.2 Å². The van der Waals surface area contributed by atoms with Crippen LogP contribution < -0.4 is 0 Å². The molecule has 0 radical (unpaired) electrons. The van der Waals surface area contributed by atoms with Crippen LogP contribution in [0.2, 0.25) is 0 Å². The molecule has 1 unspecified atom stereocenters. The van der Waals surface area contributed by atoms with Crippen LogP contribution in [0.25, 0.3) is 0 Å². The summed E-state index contributed by atoms with van der Waals surface area (Å²) in [6, 6.07) is -0.794. The predicted octanol–water partition coefficient (Wildman–Crippen LogP) is 2.84. The van der Waals surface area contributed by atoms with Gasteiger partial charge in [-0.15, -0.1) is 0 Å². The molecule has 1 aliphatic heterocycles. The van der Waals surface area contributed by atoms with E-state index in [-0.39, 0.29) is 6.54 Å². The summed E-state index contributed by atoms with van der Waals surface area (Å²) in [6.07, 6.45) is 0.828. The summed E-state index contributed by atoms with van der Waals surface area (Å²) in [5.41, 5.74) is -1.32. The molecule has 0 aromatic heterocycles. The molecule has 132 valence electrons. The van der Waals surface area contributed by atoms with E-state index in [1.165, 1.54) is 23.8 Å². The minimum Gasteiger partial charge on any atom is -0.473 e. The Bertz CT molecular complexity index is 487. The van der Waals surface area contributed by atoms with Crippen LogP contribution in [-0.2, 0) is 19.0 Å². The number of likely N-dealkylation sites (tertiary alicyclic amines) is 1. The van der Waals surface area contributed by atoms with Gasteiger partial charge in [-0.1, -0.05) is 25.6 Å². The Morgan fingerprint density at radius 3 is 2.30 bits per heavy atom. The molecule has 1 aliphatic rings. The Hall–Kier alpha value is -1.02. The van der Waals surface area contributed by atoms with Gasteiger partial charge >= 0.3 is 12.1 Å². The van der Waals surface area contributed by atoms with Crippen LogP contribution in [0.4, 0.5) is 4.79 Å². The molecule has 0 aliphatic carbocycles. The summed E-state index contributed by atoms with van der Waals surface area (Å²) in [7, 11) is 1.30. The molecular formula is C15H25NO5S2. The molecule has 1 heterocycles. The second-order valence-electron chi connectivity index (χ2n) is 6.94. The fourth-order valence-corrected chi connectivity index (χ4v) is 2.82. The molecule has 0 spiro atoms. The van der Waals surface area contributed by atoms with Crippen LogP contribution >= 0.6 is 24.0 Å². The number of thioether (sulfide) groups is 1. The van der Waals surface area contributed by atoms with E-state index in [4.69, 9.17) is 26.4 Å². The molecule has 23 heavy (non-hydrogen) atoms. The Labute approximate surface area is 147 Å². The number of thiocarbonyl (C=S) groups is 1. The Kier molecular flexibility index (Phi) is 6.32. The number of hydrogen-bond acceptors (Lipinski definition) is 7. The zero-order chi connectivity index (χ0) is 18.0. The van der Waals surface area contributed by atoms with Gasteiger partial charge < -0.3 is 14.2 Å². The number of hydrogen-bond donors (Lipinski definition) is 0. The fraction of sp³-hybridized carbons (Fsp3) is 0.800. The third kappa shape index (κ3) is 4.73. The number of carbonyl (C=O) groups is 2. The van der Waals surface area contributed by atoms with Gasteiger partial charge in [0.25, 0.3) is 0 Å². The number of carbonyl (C=O) groups excluding carboxylic acids is 2. The maximum atomic E-state index is 12.5. The van der Waals surface area contributed by atoms with Crippen molar-refractivity contribution in [1.29, 1.82) is 0 Å². The molecule has 1 saturated heterocycles. The smallest absolute Gasteiger partial charge is 0.411 e. The van der Waals surface area contributed by atoms with Gasteiger partial charge in [0.2, 0.25) is 4.38 Å². The van der Waals surface area contributed by atoms with E-state index in [9.17, 15) is 9.59 Å². The summed E-state index contributed by atoms with van der Waals surface area (Å²) in [6.45, 7) is 9.24. The molecule has 1 rings (SSSR count). The first-order valence-corrected chi connectivity index (χ1v) is 8.89. The average molecular weight is 364 g/mol. The van der Waals surface area contributed by atoms with E-state index < -0.39 is 35.2 Å². The number of esters is 1. The van der Waals surface area contributed by atoms with Crippen molar-refractivity contribution in [3.05, 3.63) is 0 Å². The molecule has 0 aromatic rings. The monoisotopic (exact) mass is 363 g/mol. The van der Waals surface area contributed by atoms with Gasteiger partial charge in [0.1, 0.15) is 17.7 Å². The van der Waals surface area contributed by atoms with Gasteiger partial charge in [-0.2, -0.15) is 0 Å². The lowest BCUT2D eigenvalue weighted by atomic mass is 9.82. The van der Waals surface area contributed by atoms with E-state index in [0.29, 0.717) is 4.38 Å². The second-order valence-corrected chi connectivity index (χ2v) is 8.35. The van der Waals surface area contributed by atoms with Crippen LogP contribution in [0.5, 0.6) is 0 Å². The highest BCUT2D eigenvalue weighted by Gasteiger charge is 2.56. The molecule has 0 aromatic carbocycles. The first-order valence-electron chi connectivity index (χ1n) is 7.26. The highest BCUT2D eigenvalue weighted by atomic mass is 32.2. The van der Waals surface area contributed by atoms with E-state index in [0.717, 1.165) is 0 Å². The zero-order valence-electron chi connectivity index (χ0n) is 14.7. The van der Waals surface area contributed by atoms with Crippen LogP contribution in [0, 0.1) is 5.41 Å². The van der Waals surface area contributed by atoms with Crippen LogP contribution in [0.15, 0.2) is 0 Å². The minimum absolute atomic E-state index is 0.211. The first kappa shape index (κ1) is 20.0. The topological polar surface area (TPSA) is 65.1 Å². The van der Waals surface area contributed by atoms with Gasteiger partial charge in [-0.3, -0.25) is 4.90 Å². The van der Waals surface area contributed by atoms with Crippen molar-refractivity contribution in [2.24, 2.45) is 5.41 Å². The number of nitrogens with zero attached hydrogens (tertiary/aromatic N) is 1. The second kappa shape index (κ2) is 7.25. The molecule has 2 atom stereocenters. The standard InChI is InChI=1S/C15H25NO5S2/c1-14(2,3)21-12(18)16-8-9(20-13(22)23-7)15(4,5)10(16)11(17)19-6/h9-10H,8H2,1-7H3/t9?,10-/m1/s1. The van der Waals surface area contributed by atoms with Gasteiger partial charge in [0.05, 0.1) is 13.7 Å². The van der Waals surface area contributed by atoms with E-state index >= 15 is 0 Å². The Balaban J connectivity index is 3.10. The number of amides is 1. The van der Waals surface area contributed by atoms with Crippen molar-refractivity contribution in [1.82, 2.24) is 4.90 Å². The summed E-state index contributed by atoms with van der Waals surface area (Å²) >= 11 is 6.41. The highest BCUT2D eigenvalue weighted by Crippen LogP contribution is 2.40. The molecule has 1 fully saturated rings. The largest absolute Gasteiger partial charge is 0.473 e. The highest BCUT2D eigenvalue weighted by molar-refractivity contribution is 8.22. The van der Waals surface area contributed by atoms with Crippen molar-refractivity contribution in [3.63, 3.8) is 0 Å². The first-order chi connectivity index (χ1) is 10.4. The van der Waals surface area contributed by atoms with Crippen LogP contribution in [0.3, 0.4) is 0 Å². The lowest BCUT2D eigenvalue weighted by molar-refractivity contribution is -0.149. The van der Waals surface area contributed by atoms with Gasteiger partial charge in [-0.25, -0.2) is 9.59 Å². The number of ether oxygens (including phenoxy) is 3. The Morgan fingerprint density at radius 2 is 1.87 bits per heavy atom. The molecular weight excluding hydrogens is 338 g/mol. The van der Waals surface area contributed by atoms with Crippen molar-refractivity contribution >= 4 is 40.4 Å². The van der Waals surface area contributed by atoms with Crippen molar-refractivity contribution < 1.29 is 23.8 Å². The molecule has 1 amide bonds. The third-order valence-electron chi connectivity index (χ3n) is 3.67. The summed E-state index contributed by atoms with van der Waals surface area (Å²) in [4.78, 5) is 26.1. The number of rotatable bonds is 2. The molecule has 8 heteroatoms. The average Bonchev–Trinajstić information content (AvgIpc) is 2.67. The zero-order valence-corrected chi connectivity index (χ0v) is 16.3. The predicted molar refractivity (Wildman–Crippen MR) is 93.5 cm³/mol. The quantitative estimate of drug-likeness (QED) is 0.552. The number of methoxy groups -OCH3 is 1. The van der Waals surface area contributed by atoms with Crippen molar-refractivity contribution in [2.45, 2.75) is 52.4 Å². The van der Waals surface area contributed by atoms with Crippen LogP contribution in [-0.4, -0.2) is 59.0 Å². The summed E-state index contributed by atoms with van der Waals surface area (Å²) in [5, 5.41) is 0. The van der Waals surface area contributed by atoms with Gasteiger partial charge in [0.15, 0.2) is 0 Å². The van der Waals surface area contributed by atoms with E-state index in [2.05, 4.69) is 0 Å². The lowest BCUT2D eigenvalue weighted by Crippen LogP contribution is -2.48. The molecule has 0 bridgehead atoms. The third-order valence-corrected chi connectivity index (χ3v) is 4.69. The van der Waals surface area contributed by atoms with Gasteiger partial charge in [0, 0.05) is 5.41 Å². The van der Waals surface area contributed by atoms with Crippen molar-refractivity contribution in [2.75, 3.05) is 19.9 Å². The Morgan fingerprint density at radius 1 is 1.30 bits per heavy atom. The minimum atomic E-state index is -0.794. The lowest BCUT2D eigenvalue weighted by Gasteiger charge is -2.32. The maximum Gasteiger partial charge on any atom is 0.411 e. The van der Waals surface area contributed by atoms with E-state index in [1.807, 2.05) is 20.1 Å². The fourth-order valence-electron chi connectivity index (χ4n) is 2.49. The van der Waals surface area contributed by atoms with Crippen LogP contribution in [0.1, 0.15) is 34.6 Å². The molecule has 0 N–H and O–H groups in total. The summed E-state index contributed by atoms with van der Waals surface area (Å²) in [5.74, 6) is -0.498.